The molecule has 1 aromatic rings. The molecule has 0 saturated carbocycles. The second kappa shape index (κ2) is 8.25. The average molecular weight is 338 g/mol. The lowest BCUT2D eigenvalue weighted by Gasteiger charge is -2.23. The minimum atomic E-state index is 0.414. The quantitative estimate of drug-likeness (QED) is 0.783. The van der Waals surface area contributed by atoms with E-state index in [1.165, 1.54) is 0 Å². The van der Waals surface area contributed by atoms with E-state index in [0.717, 1.165) is 55.7 Å². The largest absolute Gasteiger partial charge is 0.384 e. The van der Waals surface area contributed by atoms with Crippen molar-refractivity contribution in [3.63, 3.8) is 0 Å². The number of rotatable bonds is 6. The number of ether oxygens (including phenoxy) is 1. The van der Waals surface area contributed by atoms with E-state index < -0.39 is 0 Å². The number of hydrogen-bond acceptors (Lipinski definition) is 4. The van der Waals surface area contributed by atoms with Crippen molar-refractivity contribution in [3.8, 4) is 6.07 Å². The molecule has 0 aromatic heterocycles. The van der Waals surface area contributed by atoms with Gasteiger partial charge in [-0.25, -0.2) is 0 Å². The summed E-state index contributed by atoms with van der Waals surface area (Å²) in [4.78, 5) is 0. The predicted molar refractivity (Wildman–Crippen MR) is 83.8 cm³/mol. The van der Waals surface area contributed by atoms with Gasteiger partial charge in [-0.2, -0.15) is 5.26 Å². The lowest BCUT2D eigenvalue weighted by Crippen LogP contribution is -2.32. The summed E-state index contributed by atoms with van der Waals surface area (Å²) in [5.74, 6) is 0. The summed E-state index contributed by atoms with van der Waals surface area (Å²) in [6, 6.07) is 7.83. The van der Waals surface area contributed by atoms with Crippen LogP contribution in [-0.2, 0) is 4.74 Å². The van der Waals surface area contributed by atoms with Crippen LogP contribution in [0.4, 0.5) is 5.69 Å². The molecule has 0 atom stereocenters. The average Bonchev–Trinajstić information content (AvgIpc) is 2.48. The van der Waals surface area contributed by atoms with Crippen LogP contribution in [-0.4, -0.2) is 32.3 Å². The maximum Gasteiger partial charge on any atom is 0.101 e. The molecule has 1 heterocycles. The minimum absolute atomic E-state index is 0.414. The standard InChI is InChI=1S/C15H20BrN3O/c16-13-3-2-12(11-17)15(10-13)19-6-1-9-20-14-4-7-18-8-5-14/h2-3,10,14,18-19H,1,4-9H2. The highest BCUT2D eigenvalue weighted by Gasteiger charge is 2.12. The Balaban J connectivity index is 1.68. The van der Waals surface area contributed by atoms with Gasteiger partial charge in [0.15, 0.2) is 0 Å². The lowest BCUT2D eigenvalue weighted by molar-refractivity contribution is 0.0329. The first-order chi connectivity index (χ1) is 9.79. The van der Waals surface area contributed by atoms with Crippen LogP contribution < -0.4 is 10.6 Å². The van der Waals surface area contributed by atoms with Crippen LogP contribution in [0.2, 0.25) is 0 Å². The maximum atomic E-state index is 9.05. The van der Waals surface area contributed by atoms with Crippen molar-refractivity contribution >= 4 is 21.6 Å². The van der Waals surface area contributed by atoms with Crippen molar-refractivity contribution in [1.82, 2.24) is 5.32 Å². The van der Waals surface area contributed by atoms with Crippen LogP contribution >= 0.6 is 15.9 Å². The molecule has 2 N–H and O–H groups in total. The van der Waals surface area contributed by atoms with Gasteiger partial charge in [-0.1, -0.05) is 15.9 Å². The smallest absolute Gasteiger partial charge is 0.101 e. The number of nitrogens with one attached hydrogen (secondary N) is 2. The van der Waals surface area contributed by atoms with Gasteiger partial charge in [-0.05, 0) is 50.6 Å². The second-order valence-electron chi connectivity index (χ2n) is 4.90. The van der Waals surface area contributed by atoms with Crippen LogP contribution in [0.3, 0.4) is 0 Å². The molecule has 0 spiro atoms. The summed E-state index contributed by atoms with van der Waals surface area (Å²) in [6.45, 7) is 3.71. The Labute approximate surface area is 128 Å². The second-order valence-corrected chi connectivity index (χ2v) is 5.82. The van der Waals surface area contributed by atoms with Crippen LogP contribution in [0.25, 0.3) is 0 Å². The first kappa shape index (κ1) is 15.3. The molecule has 1 saturated heterocycles. The number of halogens is 1. The monoisotopic (exact) mass is 337 g/mol. The van der Waals surface area contributed by atoms with E-state index in [1.54, 1.807) is 0 Å². The highest BCUT2D eigenvalue weighted by atomic mass is 79.9. The Hall–Kier alpha value is -1.09. The molecule has 0 unspecified atom stereocenters. The third kappa shape index (κ3) is 4.78. The summed E-state index contributed by atoms with van der Waals surface area (Å²) in [5, 5.41) is 15.7. The predicted octanol–water partition coefficient (Wildman–Crippen LogP) is 2.89. The molecule has 0 radical (unpaired) electrons. The molecule has 4 nitrogen and oxygen atoms in total. The van der Waals surface area contributed by atoms with Gasteiger partial charge in [0, 0.05) is 17.6 Å². The summed E-state index contributed by atoms with van der Waals surface area (Å²) in [5.41, 5.74) is 1.55. The van der Waals surface area contributed by atoms with Crippen molar-refractivity contribution in [2.24, 2.45) is 0 Å². The van der Waals surface area contributed by atoms with Gasteiger partial charge in [0.2, 0.25) is 0 Å². The van der Waals surface area contributed by atoms with Crippen LogP contribution in [0.5, 0.6) is 0 Å². The van der Waals surface area contributed by atoms with Crippen LogP contribution in [0.15, 0.2) is 22.7 Å². The van der Waals surface area contributed by atoms with Crippen molar-refractivity contribution in [1.29, 1.82) is 5.26 Å². The first-order valence-corrected chi connectivity index (χ1v) is 7.85. The van der Waals surface area contributed by atoms with Gasteiger partial charge in [-0.3, -0.25) is 0 Å². The van der Waals surface area contributed by atoms with E-state index in [9.17, 15) is 0 Å². The summed E-state index contributed by atoms with van der Waals surface area (Å²) >= 11 is 3.42. The fourth-order valence-corrected chi connectivity index (χ4v) is 2.63. The zero-order valence-electron chi connectivity index (χ0n) is 11.5. The number of hydrogen-bond donors (Lipinski definition) is 2. The van der Waals surface area contributed by atoms with Crippen molar-refractivity contribution in [3.05, 3.63) is 28.2 Å². The molecule has 1 aromatic carbocycles. The zero-order valence-corrected chi connectivity index (χ0v) is 13.1. The van der Waals surface area contributed by atoms with Gasteiger partial charge >= 0.3 is 0 Å². The van der Waals surface area contributed by atoms with Crippen LogP contribution in [0, 0.1) is 11.3 Å². The Morgan fingerprint density at radius 3 is 2.95 bits per heavy atom. The number of piperidine rings is 1. The van der Waals surface area contributed by atoms with Gasteiger partial charge in [0.25, 0.3) is 0 Å². The normalized spacial score (nSPS) is 15.8. The van der Waals surface area contributed by atoms with Crippen molar-refractivity contribution in [2.75, 3.05) is 31.6 Å². The molecule has 0 amide bonds. The van der Waals surface area contributed by atoms with Crippen LogP contribution in [0.1, 0.15) is 24.8 Å². The van der Waals surface area contributed by atoms with E-state index in [1.807, 2.05) is 18.2 Å². The Bertz CT molecular complexity index is 467. The first-order valence-electron chi connectivity index (χ1n) is 7.05. The highest BCUT2D eigenvalue weighted by molar-refractivity contribution is 9.10. The summed E-state index contributed by atoms with van der Waals surface area (Å²) < 4.78 is 6.82. The van der Waals surface area contributed by atoms with E-state index in [0.29, 0.717) is 11.7 Å². The number of nitrogens with zero attached hydrogens (tertiary/aromatic N) is 1. The minimum Gasteiger partial charge on any atom is -0.384 e. The molecule has 0 bridgehead atoms. The molecule has 1 aliphatic heterocycles. The molecular weight excluding hydrogens is 318 g/mol. The molecule has 0 aliphatic carbocycles. The topological polar surface area (TPSA) is 57.1 Å². The Kier molecular flexibility index (Phi) is 6.31. The Morgan fingerprint density at radius 1 is 1.40 bits per heavy atom. The van der Waals surface area contributed by atoms with Crippen molar-refractivity contribution in [2.45, 2.75) is 25.4 Å². The highest BCUT2D eigenvalue weighted by Crippen LogP contribution is 2.20. The van der Waals surface area contributed by atoms with Gasteiger partial charge < -0.3 is 15.4 Å². The number of anilines is 1. The molecular formula is C15H20BrN3O. The molecule has 20 heavy (non-hydrogen) atoms. The number of benzene rings is 1. The fourth-order valence-electron chi connectivity index (χ4n) is 2.27. The SMILES string of the molecule is N#Cc1ccc(Br)cc1NCCCOC1CCNCC1. The van der Waals surface area contributed by atoms with Gasteiger partial charge in [-0.15, -0.1) is 0 Å². The summed E-state index contributed by atoms with van der Waals surface area (Å²) in [7, 11) is 0. The summed E-state index contributed by atoms with van der Waals surface area (Å²) in [6.07, 6.45) is 3.58. The third-order valence-corrected chi connectivity index (χ3v) is 3.87. The van der Waals surface area contributed by atoms with E-state index in [-0.39, 0.29) is 0 Å². The van der Waals surface area contributed by atoms with Gasteiger partial charge in [0.1, 0.15) is 6.07 Å². The Morgan fingerprint density at radius 2 is 2.20 bits per heavy atom. The number of nitriles is 1. The molecule has 108 valence electrons. The van der Waals surface area contributed by atoms with E-state index in [4.69, 9.17) is 10.00 Å². The third-order valence-electron chi connectivity index (χ3n) is 3.38. The van der Waals surface area contributed by atoms with E-state index in [2.05, 4.69) is 32.6 Å². The van der Waals surface area contributed by atoms with Crippen molar-refractivity contribution < 1.29 is 4.74 Å². The molecule has 2 rings (SSSR count). The molecule has 1 fully saturated rings. The molecule has 1 aliphatic rings. The van der Waals surface area contributed by atoms with Gasteiger partial charge in [0.05, 0.1) is 17.4 Å². The molecule has 5 heteroatoms. The van der Waals surface area contributed by atoms with E-state index >= 15 is 0 Å². The maximum absolute atomic E-state index is 9.05. The zero-order chi connectivity index (χ0) is 14.2. The fraction of sp³-hybridized carbons (Fsp3) is 0.533. The lowest BCUT2D eigenvalue weighted by atomic mass is 10.1.